The third-order valence-electron chi connectivity index (χ3n) is 2.84. The molecule has 3 N–H and O–H groups in total. The summed E-state index contributed by atoms with van der Waals surface area (Å²) >= 11 is 0. The van der Waals surface area contributed by atoms with Gasteiger partial charge < -0.3 is 20.5 Å². The van der Waals surface area contributed by atoms with Crippen molar-refractivity contribution < 1.29 is 9.47 Å². The van der Waals surface area contributed by atoms with E-state index in [1.165, 1.54) is 0 Å². The second kappa shape index (κ2) is 5.85. The molecule has 0 bridgehead atoms. The molecule has 5 heteroatoms. The molecule has 0 heterocycles. The molecule has 2 aromatic carbocycles. The maximum absolute atomic E-state index is 8.84. The SMILES string of the molecule is COc1ccc(Nc2ccc(C#N)c(N)c2)cc1OC. The minimum Gasteiger partial charge on any atom is -0.493 e. The first kappa shape index (κ1) is 13.6. The van der Waals surface area contributed by atoms with E-state index in [1.807, 2.05) is 24.3 Å². The summed E-state index contributed by atoms with van der Waals surface area (Å²) in [7, 11) is 3.17. The Morgan fingerprint density at radius 3 is 2.25 bits per heavy atom. The number of methoxy groups -OCH3 is 2. The van der Waals surface area contributed by atoms with Crippen LogP contribution in [0.4, 0.5) is 17.1 Å². The van der Waals surface area contributed by atoms with Gasteiger partial charge in [-0.3, -0.25) is 0 Å². The number of hydrogen-bond acceptors (Lipinski definition) is 5. The van der Waals surface area contributed by atoms with Gasteiger partial charge in [0.1, 0.15) is 6.07 Å². The van der Waals surface area contributed by atoms with Gasteiger partial charge in [0.25, 0.3) is 0 Å². The first-order valence-corrected chi connectivity index (χ1v) is 5.96. The van der Waals surface area contributed by atoms with E-state index in [0.29, 0.717) is 22.7 Å². The summed E-state index contributed by atoms with van der Waals surface area (Å²) in [5.41, 5.74) is 8.32. The van der Waals surface area contributed by atoms with Crippen LogP contribution in [-0.2, 0) is 0 Å². The molecular formula is C15H15N3O2. The van der Waals surface area contributed by atoms with Crippen LogP contribution in [0.3, 0.4) is 0 Å². The molecule has 20 heavy (non-hydrogen) atoms. The summed E-state index contributed by atoms with van der Waals surface area (Å²) in [5.74, 6) is 1.30. The van der Waals surface area contributed by atoms with Crippen LogP contribution in [0.2, 0.25) is 0 Å². The highest BCUT2D eigenvalue weighted by Gasteiger charge is 2.05. The van der Waals surface area contributed by atoms with Gasteiger partial charge in [0.05, 0.1) is 25.5 Å². The molecule has 0 aliphatic carbocycles. The normalized spacial score (nSPS) is 9.65. The Hall–Kier alpha value is -2.87. The maximum atomic E-state index is 8.84. The van der Waals surface area contributed by atoms with Crippen LogP contribution in [0.15, 0.2) is 36.4 Å². The standard InChI is InChI=1S/C15H15N3O2/c1-19-14-6-5-12(8-15(14)20-2)18-11-4-3-10(9-16)13(17)7-11/h3-8,18H,17H2,1-2H3. The predicted molar refractivity (Wildman–Crippen MR) is 78.4 cm³/mol. The zero-order chi connectivity index (χ0) is 14.5. The molecule has 0 aliphatic heterocycles. The van der Waals surface area contributed by atoms with Crippen molar-refractivity contribution in [3.63, 3.8) is 0 Å². The van der Waals surface area contributed by atoms with E-state index in [-0.39, 0.29) is 0 Å². The lowest BCUT2D eigenvalue weighted by molar-refractivity contribution is 0.355. The van der Waals surface area contributed by atoms with Gasteiger partial charge in [0, 0.05) is 17.4 Å². The summed E-state index contributed by atoms with van der Waals surface area (Å²) < 4.78 is 10.4. The third kappa shape index (κ3) is 2.75. The Morgan fingerprint density at radius 1 is 1.00 bits per heavy atom. The van der Waals surface area contributed by atoms with Crippen LogP contribution in [0.1, 0.15) is 5.56 Å². The number of benzene rings is 2. The predicted octanol–water partition coefficient (Wildman–Crippen LogP) is 2.90. The molecule has 0 aromatic heterocycles. The van der Waals surface area contributed by atoms with E-state index >= 15 is 0 Å². The molecule has 0 amide bonds. The molecule has 0 radical (unpaired) electrons. The number of rotatable bonds is 4. The number of ether oxygens (including phenoxy) is 2. The highest BCUT2D eigenvalue weighted by atomic mass is 16.5. The highest BCUT2D eigenvalue weighted by molar-refractivity contribution is 5.69. The molecule has 0 saturated carbocycles. The number of nitrogens with zero attached hydrogens (tertiary/aromatic N) is 1. The Labute approximate surface area is 117 Å². The first-order valence-electron chi connectivity index (χ1n) is 5.96. The quantitative estimate of drug-likeness (QED) is 0.834. The third-order valence-corrected chi connectivity index (χ3v) is 2.84. The van der Waals surface area contributed by atoms with Crippen molar-refractivity contribution >= 4 is 17.1 Å². The number of nitrogens with one attached hydrogen (secondary N) is 1. The van der Waals surface area contributed by atoms with Crippen molar-refractivity contribution in [2.45, 2.75) is 0 Å². The molecule has 0 unspecified atom stereocenters. The largest absolute Gasteiger partial charge is 0.493 e. The summed E-state index contributed by atoms with van der Waals surface area (Å²) in [5, 5.41) is 12.0. The Bertz CT molecular complexity index is 663. The molecule has 0 atom stereocenters. The number of nitrogens with two attached hydrogens (primary N) is 1. The van der Waals surface area contributed by atoms with E-state index in [2.05, 4.69) is 5.32 Å². The average molecular weight is 269 g/mol. The zero-order valence-corrected chi connectivity index (χ0v) is 11.3. The van der Waals surface area contributed by atoms with Gasteiger partial charge in [-0.15, -0.1) is 0 Å². The van der Waals surface area contributed by atoms with Crippen LogP contribution in [0, 0.1) is 11.3 Å². The molecule has 0 saturated heterocycles. The molecule has 0 spiro atoms. The number of nitriles is 1. The summed E-state index contributed by atoms with van der Waals surface area (Å²) in [6.45, 7) is 0. The van der Waals surface area contributed by atoms with Crippen LogP contribution >= 0.6 is 0 Å². The van der Waals surface area contributed by atoms with Gasteiger partial charge in [-0.2, -0.15) is 5.26 Å². The topological polar surface area (TPSA) is 80.3 Å². The lowest BCUT2D eigenvalue weighted by Crippen LogP contribution is -1.96. The lowest BCUT2D eigenvalue weighted by atomic mass is 10.1. The fraction of sp³-hybridized carbons (Fsp3) is 0.133. The molecule has 0 fully saturated rings. The van der Waals surface area contributed by atoms with E-state index in [4.69, 9.17) is 20.5 Å². The zero-order valence-electron chi connectivity index (χ0n) is 11.3. The molecule has 5 nitrogen and oxygen atoms in total. The monoisotopic (exact) mass is 269 g/mol. The average Bonchev–Trinajstić information content (AvgIpc) is 2.47. The summed E-state index contributed by atoms with van der Waals surface area (Å²) in [4.78, 5) is 0. The van der Waals surface area contributed by atoms with Crippen LogP contribution in [-0.4, -0.2) is 14.2 Å². The lowest BCUT2D eigenvalue weighted by Gasteiger charge is -2.12. The van der Waals surface area contributed by atoms with E-state index < -0.39 is 0 Å². The van der Waals surface area contributed by atoms with Crippen molar-refractivity contribution in [3.05, 3.63) is 42.0 Å². The number of anilines is 3. The summed E-state index contributed by atoms with van der Waals surface area (Å²) in [6.07, 6.45) is 0. The molecule has 2 rings (SSSR count). The van der Waals surface area contributed by atoms with Crippen molar-refractivity contribution in [1.82, 2.24) is 0 Å². The number of nitrogen functional groups attached to an aromatic ring is 1. The van der Waals surface area contributed by atoms with Gasteiger partial charge in [-0.1, -0.05) is 0 Å². The fourth-order valence-electron chi connectivity index (χ4n) is 1.82. The van der Waals surface area contributed by atoms with Gasteiger partial charge in [-0.25, -0.2) is 0 Å². The second-order valence-electron chi connectivity index (χ2n) is 4.11. The Morgan fingerprint density at radius 2 is 1.65 bits per heavy atom. The summed E-state index contributed by atoms with van der Waals surface area (Å²) in [6, 6.07) is 12.7. The van der Waals surface area contributed by atoms with Gasteiger partial charge in [0.2, 0.25) is 0 Å². The Balaban J connectivity index is 2.26. The minimum atomic E-state index is 0.443. The van der Waals surface area contributed by atoms with Crippen LogP contribution in [0.5, 0.6) is 11.5 Å². The van der Waals surface area contributed by atoms with E-state index in [9.17, 15) is 0 Å². The van der Waals surface area contributed by atoms with E-state index in [0.717, 1.165) is 11.4 Å². The smallest absolute Gasteiger partial charge is 0.162 e. The highest BCUT2D eigenvalue weighted by Crippen LogP contribution is 2.31. The van der Waals surface area contributed by atoms with Crippen molar-refractivity contribution in [2.24, 2.45) is 0 Å². The van der Waals surface area contributed by atoms with Crippen LogP contribution < -0.4 is 20.5 Å². The van der Waals surface area contributed by atoms with Gasteiger partial charge in [0.15, 0.2) is 11.5 Å². The van der Waals surface area contributed by atoms with Crippen LogP contribution in [0.25, 0.3) is 0 Å². The van der Waals surface area contributed by atoms with Gasteiger partial charge in [-0.05, 0) is 30.3 Å². The maximum Gasteiger partial charge on any atom is 0.162 e. The minimum absolute atomic E-state index is 0.443. The van der Waals surface area contributed by atoms with Crippen molar-refractivity contribution in [3.8, 4) is 17.6 Å². The molecule has 0 aliphatic rings. The van der Waals surface area contributed by atoms with Crippen molar-refractivity contribution in [2.75, 3.05) is 25.3 Å². The molecule has 2 aromatic rings. The fourth-order valence-corrected chi connectivity index (χ4v) is 1.82. The first-order chi connectivity index (χ1) is 9.67. The van der Waals surface area contributed by atoms with Crippen molar-refractivity contribution in [1.29, 1.82) is 5.26 Å². The van der Waals surface area contributed by atoms with Gasteiger partial charge >= 0.3 is 0 Å². The second-order valence-corrected chi connectivity index (χ2v) is 4.11. The number of hydrogen-bond donors (Lipinski definition) is 2. The Kier molecular flexibility index (Phi) is 3.96. The van der Waals surface area contributed by atoms with E-state index in [1.54, 1.807) is 32.4 Å². The molecule has 102 valence electrons. The molecular weight excluding hydrogens is 254 g/mol.